The van der Waals surface area contributed by atoms with E-state index in [-0.39, 0.29) is 23.5 Å². The number of hydrogen-bond acceptors (Lipinski definition) is 6. The second kappa shape index (κ2) is 12.2. The van der Waals surface area contributed by atoms with E-state index < -0.39 is 17.9 Å². The van der Waals surface area contributed by atoms with Crippen molar-refractivity contribution in [2.75, 3.05) is 19.7 Å². The predicted molar refractivity (Wildman–Crippen MR) is 129 cm³/mol. The lowest BCUT2D eigenvalue weighted by Gasteiger charge is -2.36. The Morgan fingerprint density at radius 1 is 1.31 bits per heavy atom. The smallest absolute Gasteiger partial charge is 0.308 e. The molecule has 8 nitrogen and oxygen atoms in total. The first-order chi connectivity index (χ1) is 15.1. The molecule has 0 spiro atoms. The SMILES string of the molecule is CC(C)CCOc1ccc(C(=O)NC(=S)N2CCNC(=O)C2CC(=O)OC(C)C)cc1Br. The number of carbonyl (C=O) groups excluding carboxylic acids is 3. The highest BCUT2D eigenvalue weighted by Crippen LogP contribution is 2.26. The van der Waals surface area contributed by atoms with Gasteiger partial charge in [-0.2, -0.15) is 0 Å². The number of rotatable bonds is 8. The maximum atomic E-state index is 12.7. The molecular weight excluding hydrogens is 498 g/mol. The molecule has 1 atom stereocenters. The van der Waals surface area contributed by atoms with Crippen LogP contribution in [0.25, 0.3) is 0 Å². The zero-order valence-corrected chi connectivity index (χ0v) is 21.2. The van der Waals surface area contributed by atoms with Crippen LogP contribution in [-0.4, -0.2) is 59.6 Å². The molecule has 1 unspecified atom stereocenters. The number of esters is 1. The molecule has 1 saturated heterocycles. The molecular formula is C22H30BrN3O5S. The average molecular weight is 528 g/mol. The van der Waals surface area contributed by atoms with E-state index in [4.69, 9.17) is 21.7 Å². The minimum Gasteiger partial charge on any atom is -0.492 e. The summed E-state index contributed by atoms with van der Waals surface area (Å²) in [6.07, 6.45) is 0.483. The molecule has 0 radical (unpaired) electrons. The number of nitrogens with one attached hydrogen (secondary N) is 2. The van der Waals surface area contributed by atoms with Crippen molar-refractivity contribution in [2.24, 2.45) is 5.92 Å². The Morgan fingerprint density at radius 3 is 2.66 bits per heavy atom. The van der Waals surface area contributed by atoms with Crippen LogP contribution >= 0.6 is 28.1 Å². The lowest BCUT2D eigenvalue weighted by atomic mass is 10.1. The highest BCUT2D eigenvalue weighted by atomic mass is 79.9. The number of thiocarbonyl (C=S) groups is 1. The summed E-state index contributed by atoms with van der Waals surface area (Å²) >= 11 is 8.82. The third kappa shape index (κ3) is 7.74. The molecule has 176 valence electrons. The summed E-state index contributed by atoms with van der Waals surface area (Å²) in [5.74, 6) is -0.0646. The van der Waals surface area contributed by atoms with Crippen LogP contribution in [0, 0.1) is 5.92 Å². The highest BCUT2D eigenvalue weighted by Gasteiger charge is 2.34. The molecule has 1 heterocycles. The Hall–Kier alpha value is -2.20. The Morgan fingerprint density at radius 2 is 2.03 bits per heavy atom. The molecule has 2 N–H and O–H groups in total. The molecule has 1 aliphatic heterocycles. The quantitative estimate of drug-likeness (QED) is 0.396. The standard InChI is InChI=1S/C22H30BrN3O5S/c1-13(2)7-10-30-18-6-5-15(11-16(18)23)20(28)25-22(32)26-9-8-24-21(29)17(26)12-19(27)31-14(3)4/h5-6,11,13-14,17H,7-10,12H2,1-4H3,(H,24,29)(H,25,28,32). The lowest BCUT2D eigenvalue weighted by Crippen LogP contribution is -2.60. The van der Waals surface area contributed by atoms with Gasteiger partial charge in [0.05, 0.1) is 23.6 Å². The van der Waals surface area contributed by atoms with E-state index in [2.05, 4.69) is 40.4 Å². The topological polar surface area (TPSA) is 97.0 Å². The first-order valence-electron chi connectivity index (χ1n) is 10.6. The number of hydrogen-bond donors (Lipinski definition) is 2. The van der Waals surface area contributed by atoms with Crippen molar-refractivity contribution in [1.29, 1.82) is 0 Å². The summed E-state index contributed by atoms with van der Waals surface area (Å²) in [7, 11) is 0. The van der Waals surface area contributed by atoms with Crippen molar-refractivity contribution in [3.8, 4) is 5.75 Å². The van der Waals surface area contributed by atoms with Gasteiger partial charge in [0.15, 0.2) is 5.11 Å². The molecule has 1 fully saturated rings. The predicted octanol–water partition coefficient (Wildman–Crippen LogP) is 3.03. The van der Waals surface area contributed by atoms with Crippen LogP contribution in [0.4, 0.5) is 0 Å². The maximum absolute atomic E-state index is 12.7. The molecule has 0 saturated carbocycles. The van der Waals surface area contributed by atoms with Crippen molar-refractivity contribution in [2.45, 2.75) is 52.7 Å². The van der Waals surface area contributed by atoms with Gasteiger partial charge >= 0.3 is 5.97 Å². The number of benzene rings is 1. The van der Waals surface area contributed by atoms with E-state index in [1.165, 1.54) is 0 Å². The van der Waals surface area contributed by atoms with Gasteiger partial charge in [-0.3, -0.25) is 19.7 Å². The molecule has 1 aromatic rings. The minimum atomic E-state index is -0.841. The van der Waals surface area contributed by atoms with Crippen LogP contribution in [0.15, 0.2) is 22.7 Å². The van der Waals surface area contributed by atoms with Gasteiger partial charge in [-0.15, -0.1) is 0 Å². The van der Waals surface area contributed by atoms with Gasteiger partial charge in [0.1, 0.15) is 11.8 Å². The van der Waals surface area contributed by atoms with E-state index in [1.807, 2.05) is 0 Å². The van der Waals surface area contributed by atoms with E-state index in [9.17, 15) is 14.4 Å². The summed E-state index contributed by atoms with van der Waals surface area (Å²) < 4.78 is 11.6. The number of nitrogens with zero attached hydrogens (tertiary/aromatic N) is 1. The summed E-state index contributed by atoms with van der Waals surface area (Å²) in [6, 6.07) is 4.18. The summed E-state index contributed by atoms with van der Waals surface area (Å²) in [6.45, 7) is 9.04. The van der Waals surface area contributed by atoms with Gasteiger partial charge in [0.2, 0.25) is 5.91 Å². The maximum Gasteiger partial charge on any atom is 0.308 e. The Labute approximate surface area is 202 Å². The Kier molecular flexibility index (Phi) is 9.89. The molecule has 0 aliphatic carbocycles. The number of ether oxygens (including phenoxy) is 2. The van der Waals surface area contributed by atoms with E-state index in [1.54, 1.807) is 36.9 Å². The average Bonchev–Trinajstić information content (AvgIpc) is 2.69. The molecule has 2 amide bonds. The highest BCUT2D eigenvalue weighted by molar-refractivity contribution is 9.10. The molecule has 0 bridgehead atoms. The van der Waals surface area contributed by atoms with Crippen LogP contribution in [0.1, 0.15) is 50.9 Å². The first-order valence-corrected chi connectivity index (χ1v) is 11.8. The van der Waals surface area contributed by atoms with Crippen LogP contribution in [0.2, 0.25) is 0 Å². The Balaban J connectivity index is 2.03. The summed E-state index contributed by atoms with van der Waals surface area (Å²) in [5, 5.41) is 5.46. The van der Waals surface area contributed by atoms with E-state index in [0.29, 0.717) is 41.4 Å². The van der Waals surface area contributed by atoms with Gasteiger partial charge in [-0.1, -0.05) is 13.8 Å². The third-order valence-electron chi connectivity index (χ3n) is 4.69. The van der Waals surface area contributed by atoms with Crippen LogP contribution in [-0.2, 0) is 14.3 Å². The van der Waals surface area contributed by atoms with Crippen molar-refractivity contribution >= 4 is 51.0 Å². The second-order valence-electron chi connectivity index (χ2n) is 8.18. The van der Waals surface area contributed by atoms with Crippen molar-refractivity contribution < 1.29 is 23.9 Å². The minimum absolute atomic E-state index is 0.0839. The summed E-state index contributed by atoms with van der Waals surface area (Å²) in [5.41, 5.74) is 0.382. The van der Waals surface area contributed by atoms with Crippen molar-refractivity contribution in [3.05, 3.63) is 28.2 Å². The fraction of sp³-hybridized carbons (Fsp3) is 0.545. The number of carbonyl (C=O) groups is 3. The largest absolute Gasteiger partial charge is 0.492 e. The van der Waals surface area contributed by atoms with Crippen LogP contribution in [0.5, 0.6) is 5.75 Å². The fourth-order valence-electron chi connectivity index (χ4n) is 3.03. The first kappa shape index (κ1) is 26.1. The molecule has 2 rings (SSSR count). The molecule has 0 aromatic heterocycles. The number of piperazine rings is 1. The van der Waals surface area contributed by atoms with E-state index in [0.717, 1.165) is 6.42 Å². The lowest BCUT2D eigenvalue weighted by molar-refractivity contribution is -0.150. The Bertz CT molecular complexity index is 862. The fourth-order valence-corrected chi connectivity index (χ4v) is 3.84. The second-order valence-corrected chi connectivity index (χ2v) is 9.42. The normalized spacial score (nSPS) is 16.0. The third-order valence-corrected chi connectivity index (χ3v) is 5.64. The zero-order chi connectivity index (χ0) is 23.8. The molecule has 32 heavy (non-hydrogen) atoms. The van der Waals surface area contributed by atoms with E-state index >= 15 is 0 Å². The van der Waals surface area contributed by atoms with Gasteiger partial charge in [-0.05, 0) is 72.5 Å². The van der Waals surface area contributed by atoms with Crippen molar-refractivity contribution in [3.63, 3.8) is 0 Å². The number of amides is 2. The molecule has 1 aromatic carbocycles. The van der Waals surface area contributed by atoms with Gasteiger partial charge in [0.25, 0.3) is 5.91 Å². The van der Waals surface area contributed by atoms with Crippen LogP contribution < -0.4 is 15.4 Å². The van der Waals surface area contributed by atoms with Gasteiger partial charge < -0.3 is 19.7 Å². The number of halogens is 1. The monoisotopic (exact) mass is 527 g/mol. The molecule has 10 heteroatoms. The molecule has 1 aliphatic rings. The van der Waals surface area contributed by atoms with Gasteiger partial charge in [-0.25, -0.2) is 0 Å². The van der Waals surface area contributed by atoms with Gasteiger partial charge in [0, 0.05) is 18.7 Å². The zero-order valence-electron chi connectivity index (χ0n) is 18.8. The van der Waals surface area contributed by atoms with Crippen molar-refractivity contribution in [1.82, 2.24) is 15.5 Å². The summed E-state index contributed by atoms with van der Waals surface area (Å²) in [4.78, 5) is 38.7. The van der Waals surface area contributed by atoms with Crippen LogP contribution in [0.3, 0.4) is 0 Å².